The van der Waals surface area contributed by atoms with E-state index < -0.39 is 0 Å². The van der Waals surface area contributed by atoms with E-state index in [2.05, 4.69) is 32.7 Å². The minimum atomic E-state index is -0.000400. The zero-order valence-electron chi connectivity index (χ0n) is 17.7. The molecule has 5 heteroatoms. The summed E-state index contributed by atoms with van der Waals surface area (Å²) in [5.74, 6) is 0.104. The fourth-order valence-electron chi connectivity index (χ4n) is 2.95. The Morgan fingerprint density at radius 3 is 2.33 bits per heavy atom. The van der Waals surface area contributed by atoms with Gasteiger partial charge in [-0.25, -0.2) is 0 Å². The molecular weight excluding hydrogens is 376 g/mol. The smallest absolute Gasteiger partial charge is 0.254 e. The molecule has 1 amide bonds. The summed E-state index contributed by atoms with van der Waals surface area (Å²) in [6.45, 7) is 15.3. The summed E-state index contributed by atoms with van der Waals surface area (Å²) in [4.78, 5) is 18.3. The highest BCUT2D eigenvalue weighted by Gasteiger charge is 2.27. The number of benzene rings is 1. The summed E-state index contributed by atoms with van der Waals surface area (Å²) in [6, 6.07) is 6.04. The summed E-state index contributed by atoms with van der Waals surface area (Å²) in [7, 11) is 0. The van der Waals surface area contributed by atoms with Crippen LogP contribution in [0.4, 0.5) is 0 Å². The van der Waals surface area contributed by atoms with Gasteiger partial charge < -0.3 is 4.90 Å². The van der Waals surface area contributed by atoms with Gasteiger partial charge in [0.25, 0.3) is 5.91 Å². The standard InChI is InChI=1S/C16H22ClNO.C4H5NS.C2H6/c1-11-6-5-9-18(11)15(19)12-7-8-13(14(17)10-12)16(2,3)4;1-4-5-2-3-6-4;1-2/h7-8,10-11H,5-6,9H2,1-4H3;2-3H,1H3;1-2H3. The van der Waals surface area contributed by atoms with Crippen molar-refractivity contribution in [1.29, 1.82) is 0 Å². The van der Waals surface area contributed by atoms with Gasteiger partial charge in [-0.3, -0.25) is 9.78 Å². The third kappa shape index (κ3) is 6.93. The van der Waals surface area contributed by atoms with Gasteiger partial charge in [0.2, 0.25) is 0 Å². The molecule has 1 unspecified atom stereocenters. The predicted octanol–water partition coefficient (Wildman–Crippen LogP) is 6.74. The molecule has 0 spiro atoms. The summed E-state index contributed by atoms with van der Waals surface area (Å²) in [6.07, 6.45) is 4.00. The fraction of sp³-hybridized carbons (Fsp3) is 0.545. The highest BCUT2D eigenvalue weighted by Crippen LogP contribution is 2.31. The number of aromatic nitrogens is 1. The Kier molecular flexibility index (Phi) is 9.48. The second kappa shape index (κ2) is 10.8. The number of nitrogens with zero attached hydrogens (tertiary/aromatic N) is 2. The van der Waals surface area contributed by atoms with Gasteiger partial charge in [-0.2, -0.15) is 0 Å². The summed E-state index contributed by atoms with van der Waals surface area (Å²) < 4.78 is 0. The molecule has 3 nitrogen and oxygen atoms in total. The minimum absolute atomic E-state index is 0.000400. The number of rotatable bonds is 1. The molecule has 1 aliphatic heterocycles. The van der Waals surface area contributed by atoms with Crippen LogP contribution in [0.5, 0.6) is 0 Å². The first-order valence-electron chi connectivity index (χ1n) is 9.67. The third-order valence-corrected chi connectivity index (χ3v) is 5.41. The SMILES string of the molecule is CC.CC1CCCN1C(=O)c1ccc(C(C)(C)C)c(Cl)c1.Cc1nccs1. The van der Waals surface area contributed by atoms with Crippen molar-refractivity contribution >= 4 is 28.8 Å². The van der Waals surface area contributed by atoms with Gasteiger partial charge in [0.15, 0.2) is 0 Å². The molecule has 1 aliphatic rings. The highest BCUT2D eigenvalue weighted by molar-refractivity contribution is 7.09. The molecule has 0 N–H and O–H groups in total. The summed E-state index contributed by atoms with van der Waals surface area (Å²) >= 11 is 8.00. The van der Waals surface area contributed by atoms with E-state index in [1.165, 1.54) is 0 Å². The van der Waals surface area contributed by atoms with Crippen LogP contribution in [0.1, 0.15) is 75.3 Å². The number of aryl methyl sites for hydroxylation is 1. The Bertz CT molecular complexity index is 708. The van der Waals surface area contributed by atoms with Crippen LogP contribution >= 0.6 is 22.9 Å². The van der Waals surface area contributed by atoms with Crippen molar-refractivity contribution in [2.24, 2.45) is 0 Å². The van der Waals surface area contributed by atoms with Crippen LogP contribution in [0.15, 0.2) is 29.8 Å². The number of amides is 1. The van der Waals surface area contributed by atoms with Crippen molar-refractivity contribution in [3.63, 3.8) is 0 Å². The lowest BCUT2D eigenvalue weighted by molar-refractivity contribution is 0.0747. The van der Waals surface area contributed by atoms with E-state index in [9.17, 15) is 4.79 Å². The topological polar surface area (TPSA) is 33.2 Å². The zero-order chi connectivity index (χ0) is 20.6. The van der Waals surface area contributed by atoms with Crippen LogP contribution in [-0.2, 0) is 5.41 Å². The van der Waals surface area contributed by atoms with Crippen LogP contribution in [0, 0.1) is 6.92 Å². The van der Waals surface area contributed by atoms with Crippen molar-refractivity contribution in [1.82, 2.24) is 9.88 Å². The Balaban J connectivity index is 0.000000381. The predicted molar refractivity (Wildman–Crippen MR) is 118 cm³/mol. The van der Waals surface area contributed by atoms with Gasteiger partial charge in [-0.1, -0.05) is 52.3 Å². The van der Waals surface area contributed by atoms with Gasteiger partial charge in [0, 0.05) is 34.7 Å². The summed E-state index contributed by atoms with van der Waals surface area (Å²) in [5, 5.41) is 3.79. The van der Waals surface area contributed by atoms with Crippen LogP contribution < -0.4 is 0 Å². The molecule has 3 rings (SSSR count). The number of hydrogen-bond acceptors (Lipinski definition) is 3. The van der Waals surface area contributed by atoms with Crippen molar-refractivity contribution in [2.75, 3.05) is 6.54 Å². The molecule has 1 aromatic heterocycles. The van der Waals surface area contributed by atoms with E-state index in [4.69, 9.17) is 11.6 Å². The maximum Gasteiger partial charge on any atom is 0.254 e. The molecule has 0 bridgehead atoms. The van der Waals surface area contributed by atoms with E-state index in [1.54, 1.807) is 17.5 Å². The molecular formula is C22H33ClN2OS. The molecule has 1 fully saturated rings. The van der Waals surface area contributed by atoms with Gasteiger partial charge >= 0.3 is 0 Å². The number of likely N-dealkylation sites (tertiary alicyclic amines) is 1. The van der Waals surface area contributed by atoms with Crippen LogP contribution in [-0.4, -0.2) is 28.4 Å². The van der Waals surface area contributed by atoms with E-state index in [0.29, 0.717) is 16.6 Å². The second-order valence-corrected chi connectivity index (χ2v) is 8.99. The third-order valence-electron chi connectivity index (χ3n) is 4.39. The van der Waals surface area contributed by atoms with E-state index in [0.717, 1.165) is 30.0 Å². The maximum atomic E-state index is 12.4. The van der Waals surface area contributed by atoms with Gasteiger partial charge in [0.05, 0.1) is 5.01 Å². The lowest BCUT2D eigenvalue weighted by Crippen LogP contribution is -2.33. The summed E-state index contributed by atoms with van der Waals surface area (Å²) in [5.41, 5.74) is 1.78. The van der Waals surface area contributed by atoms with Gasteiger partial charge in [0.1, 0.15) is 0 Å². The van der Waals surface area contributed by atoms with Crippen molar-refractivity contribution < 1.29 is 4.79 Å². The van der Waals surface area contributed by atoms with Crippen molar-refractivity contribution in [3.05, 3.63) is 50.9 Å². The average molecular weight is 409 g/mol. The Labute approximate surface area is 173 Å². The monoisotopic (exact) mass is 408 g/mol. The molecule has 0 radical (unpaired) electrons. The van der Waals surface area contributed by atoms with Crippen LogP contribution in [0.2, 0.25) is 5.02 Å². The van der Waals surface area contributed by atoms with Crippen molar-refractivity contribution in [2.45, 2.75) is 72.8 Å². The number of carbonyl (C=O) groups is 1. The van der Waals surface area contributed by atoms with E-state index >= 15 is 0 Å². The fourth-order valence-corrected chi connectivity index (χ4v) is 3.86. The molecule has 2 heterocycles. The van der Waals surface area contributed by atoms with Gasteiger partial charge in [-0.05, 0) is 49.8 Å². The zero-order valence-corrected chi connectivity index (χ0v) is 19.2. The Morgan fingerprint density at radius 2 is 1.96 bits per heavy atom. The van der Waals surface area contributed by atoms with Gasteiger partial charge in [-0.15, -0.1) is 11.3 Å². The maximum absolute atomic E-state index is 12.4. The average Bonchev–Trinajstić information content (AvgIpc) is 3.26. The first kappa shape index (κ1) is 23.6. The molecule has 1 saturated heterocycles. The minimum Gasteiger partial charge on any atom is -0.336 e. The number of thiazole rings is 1. The Morgan fingerprint density at radius 1 is 1.30 bits per heavy atom. The van der Waals surface area contributed by atoms with Crippen LogP contribution in [0.25, 0.3) is 0 Å². The number of hydrogen-bond donors (Lipinski definition) is 0. The van der Waals surface area contributed by atoms with Crippen molar-refractivity contribution in [3.8, 4) is 0 Å². The molecule has 1 atom stereocenters. The lowest BCUT2D eigenvalue weighted by atomic mass is 9.86. The van der Waals surface area contributed by atoms with E-state index in [-0.39, 0.29) is 11.3 Å². The Hall–Kier alpha value is -1.39. The molecule has 27 heavy (non-hydrogen) atoms. The molecule has 0 aliphatic carbocycles. The highest BCUT2D eigenvalue weighted by atomic mass is 35.5. The molecule has 2 aromatic rings. The largest absolute Gasteiger partial charge is 0.336 e. The molecule has 150 valence electrons. The number of halogens is 1. The van der Waals surface area contributed by atoms with Crippen LogP contribution in [0.3, 0.4) is 0 Å². The normalized spacial score (nSPS) is 16.1. The number of carbonyl (C=O) groups excluding carboxylic acids is 1. The lowest BCUT2D eigenvalue weighted by Gasteiger charge is -2.24. The first-order chi connectivity index (χ1) is 12.7. The quantitative estimate of drug-likeness (QED) is 0.523. The molecule has 0 saturated carbocycles. The van der Waals surface area contributed by atoms with E-state index in [1.807, 2.05) is 49.3 Å². The molecule has 1 aromatic carbocycles. The second-order valence-electron chi connectivity index (χ2n) is 7.49. The first-order valence-corrected chi connectivity index (χ1v) is 10.9.